The molecule has 6 heteroatoms. The standard InChI is InChI=1S/C22H32N2O4/c1-22(17-8-9-17)15-24(11-12-27-22)21(25)23-14-16-7-10-19(20(13-16)26-2)28-18-5-3-4-6-18/h7,10,13,17-18H,3-6,8-9,11-12,14-15H2,1-2H3,(H,23,25). The van der Waals surface area contributed by atoms with Gasteiger partial charge in [-0.05, 0) is 69.1 Å². The van der Waals surface area contributed by atoms with Crippen molar-refractivity contribution in [2.45, 2.75) is 63.7 Å². The van der Waals surface area contributed by atoms with Crippen molar-refractivity contribution in [2.24, 2.45) is 5.92 Å². The number of hydrogen-bond acceptors (Lipinski definition) is 4. The second kappa shape index (κ2) is 8.19. The van der Waals surface area contributed by atoms with Crippen LogP contribution in [-0.2, 0) is 11.3 Å². The quantitative estimate of drug-likeness (QED) is 0.807. The van der Waals surface area contributed by atoms with E-state index in [4.69, 9.17) is 14.2 Å². The fourth-order valence-corrected chi connectivity index (χ4v) is 4.40. The molecule has 0 spiro atoms. The van der Waals surface area contributed by atoms with Crippen LogP contribution in [0.15, 0.2) is 18.2 Å². The molecule has 1 aliphatic heterocycles. The van der Waals surface area contributed by atoms with Crippen LogP contribution < -0.4 is 14.8 Å². The largest absolute Gasteiger partial charge is 0.493 e. The van der Waals surface area contributed by atoms with Crippen molar-refractivity contribution in [2.75, 3.05) is 26.8 Å². The zero-order valence-corrected chi connectivity index (χ0v) is 17.0. The molecule has 0 bridgehead atoms. The van der Waals surface area contributed by atoms with Crippen LogP contribution >= 0.6 is 0 Å². The van der Waals surface area contributed by atoms with E-state index >= 15 is 0 Å². The molecular formula is C22H32N2O4. The zero-order chi connectivity index (χ0) is 19.6. The van der Waals surface area contributed by atoms with Crippen LogP contribution in [0.4, 0.5) is 4.79 Å². The molecule has 1 N–H and O–H groups in total. The first-order chi connectivity index (χ1) is 13.6. The Kier molecular flexibility index (Phi) is 5.67. The average molecular weight is 389 g/mol. The summed E-state index contributed by atoms with van der Waals surface area (Å²) in [4.78, 5) is 14.5. The molecule has 1 saturated heterocycles. The van der Waals surface area contributed by atoms with E-state index < -0.39 is 0 Å². The maximum absolute atomic E-state index is 12.7. The lowest BCUT2D eigenvalue weighted by atomic mass is 9.98. The molecule has 1 heterocycles. The van der Waals surface area contributed by atoms with Crippen molar-refractivity contribution in [3.63, 3.8) is 0 Å². The first-order valence-corrected chi connectivity index (χ1v) is 10.6. The summed E-state index contributed by atoms with van der Waals surface area (Å²) in [5, 5.41) is 3.04. The molecule has 0 radical (unpaired) electrons. The molecule has 1 atom stereocenters. The van der Waals surface area contributed by atoms with Crippen LogP contribution in [0.5, 0.6) is 11.5 Å². The number of methoxy groups -OCH3 is 1. The topological polar surface area (TPSA) is 60.0 Å². The summed E-state index contributed by atoms with van der Waals surface area (Å²) < 4.78 is 17.6. The van der Waals surface area contributed by atoms with Crippen molar-refractivity contribution >= 4 is 6.03 Å². The summed E-state index contributed by atoms with van der Waals surface area (Å²) in [5.41, 5.74) is 0.820. The van der Waals surface area contributed by atoms with E-state index in [1.807, 2.05) is 23.1 Å². The van der Waals surface area contributed by atoms with E-state index in [9.17, 15) is 4.79 Å². The minimum absolute atomic E-state index is 0.0274. The van der Waals surface area contributed by atoms with Crippen molar-refractivity contribution in [3.8, 4) is 11.5 Å². The Morgan fingerprint density at radius 3 is 2.75 bits per heavy atom. The molecule has 3 aliphatic rings. The van der Waals surface area contributed by atoms with Crippen LogP contribution in [-0.4, -0.2) is 49.4 Å². The number of morpholine rings is 1. The Hall–Kier alpha value is -1.95. The fourth-order valence-electron chi connectivity index (χ4n) is 4.40. The van der Waals surface area contributed by atoms with Gasteiger partial charge in [0.15, 0.2) is 11.5 Å². The Morgan fingerprint density at radius 2 is 2.04 bits per heavy atom. The van der Waals surface area contributed by atoms with E-state index in [0.29, 0.717) is 38.3 Å². The van der Waals surface area contributed by atoms with Crippen LogP contribution in [0.2, 0.25) is 0 Å². The third-order valence-corrected chi connectivity index (χ3v) is 6.29. The molecule has 2 saturated carbocycles. The van der Waals surface area contributed by atoms with Gasteiger partial charge in [-0.3, -0.25) is 0 Å². The average Bonchev–Trinajstić information content (AvgIpc) is 3.46. The number of carbonyl (C=O) groups excluding carboxylic acids is 1. The van der Waals surface area contributed by atoms with Gasteiger partial charge in [-0.15, -0.1) is 0 Å². The van der Waals surface area contributed by atoms with Crippen LogP contribution in [0.3, 0.4) is 0 Å². The van der Waals surface area contributed by atoms with Crippen molar-refractivity contribution in [3.05, 3.63) is 23.8 Å². The highest BCUT2D eigenvalue weighted by atomic mass is 16.5. The summed E-state index contributed by atoms with van der Waals surface area (Å²) in [6.45, 7) is 4.53. The van der Waals surface area contributed by atoms with E-state index in [-0.39, 0.29) is 11.6 Å². The molecule has 0 aromatic heterocycles. The highest BCUT2D eigenvalue weighted by molar-refractivity contribution is 5.74. The second-order valence-corrected chi connectivity index (χ2v) is 8.53. The highest BCUT2D eigenvalue weighted by Gasteiger charge is 2.46. The number of benzene rings is 1. The third kappa shape index (κ3) is 4.37. The minimum Gasteiger partial charge on any atom is -0.493 e. The predicted molar refractivity (Wildman–Crippen MR) is 107 cm³/mol. The molecular weight excluding hydrogens is 356 g/mol. The van der Waals surface area contributed by atoms with E-state index in [1.54, 1.807) is 7.11 Å². The van der Waals surface area contributed by atoms with E-state index in [0.717, 1.165) is 29.9 Å². The van der Waals surface area contributed by atoms with Gasteiger partial charge in [0.25, 0.3) is 0 Å². The Labute approximate surface area is 167 Å². The SMILES string of the molecule is COc1cc(CNC(=O)N2CCOC(C)(C3CC3)C2)ccc1OC1CCCC1. The summed E-state index contributed by atoms with van der Waals surface area (Å²) in [7, 11) is 1.66. The number of urea groups is 1. The molecule has 4 rings (SSSR count). The second-order valence-electron chi connectivity index (χ2n) is 8.53. The summed E-state index contributed by atoms with van der Waals surface area (Å²) in [6.07, 6.45) is 7.40. The van der Waals surface area contributed by atoms with Gasteiger partial charge in [0, 0.05) is 13.1 Å². The molecule has 1 aromatic carbocycles. The van der Waals surface area contributed by atoms with Gasteiger partial charge in [0.05, 0.1) is 32.0 Å². The molecule has 1 aromatic rings. The molecule has 1 unspecified atom stereocenters. The molecule has 154 valence electrons. The van der Waals surface area contributed by atoms with Gasteiger partial charge in [-0.25, -0.2) is 4.79 Å². The molecule has 6 nitrogen and oxygen atoms in total. The van der Waals surface area contributed by atoms with Gasteiger partial charge in [-0.2, -0.15) is 0 Å². The number of carbonyl (C=O) groups is 1. The van der Waals surface area contributed by atoms with Gasteiger partial charge in [-0.1, -0.05) is 6.07 Å². The normalized spacial score (nSPS) is 25.6. The van der Waals surface area contributed by atoms with E-state index in [1.165, 1.54) is 25.7 Å². The predicted octanol–water partition coefficient (Wildman–Crippen LogP) is 3.73. The fraction of sp³-hybridized carbons (Fsp3) is 0.682. The van der Waals surface area contributed by atoms with Gasteiger partial charge in [0.1, 0.15) is 0 Å². The lowest BCUT2D eigenvalue weighted by molar-refractivity contribution is -0.0988. The Morgan fingerprint density at radius 1 is 1.25 bits per heavy atom. The number of nitrogens with zero attached hydrogens (tertiary/aromatic N) is 1. The maximum atomic E-state index is 12.7. The van der Waals surface area contributed by atoms with Crippen LogP contribution in [0.25, 0.3) is 0 Å². The summed E-state index contributed by atoms with van der Waals surface area (Å²) in [6, 6.07) is 5.89. The Balaban J connectivity index is 1.33. The van der Waals surface area contributed by atoms with Crippen molar-refractivity contribution in [1.29, 1.82) is 0 Å². The first-order valence-electron chi connectivity index (χ1n) is 10.6. The van der Waals surface area contributed by atoms with E-state index in [2.05, 4.69) is 12.2 Å². The van der Waals surface area contributed by atoms with Gasteiger partial charge < -0.3 is 24.4 Å². The van der Waals surface area contributed by atoms with Crippen LogP contribution in [0.1, 0.15) is 51.0 Å². The summed E-state index contributed by atoms with van der Waals surface area (Å²) in [5.74, 6) is 2.11. The molecule has 3 fully saturated rings. The highest BCUT2D eigenvalue weighted by Crippen LogP contribution is 2.43. The lowest BCUT2D eigenvalue weighted by Gasteiger charge is -2.40. The van der Waals surface area contributed by atoms with Crippen molar-refractivity contribution in [1.82, 2.24) is 10.2 Å². The van der Waals surface area contributed by atoms with Gasteiger partial charge in [0.2, 0.25) is 0 Å². The van der Waals surface area contributed by atoms with Crippen LogP contribution in [0, 0.1) is 5.92 Å². The first kappa shape index (κ1) is 19.4. The molecule has 2 amide bonds. The maximum Gasteiger partial charge on any atom is 0.317 e. The smallest absolute Gasteiger partial charge is 0.317 e. The van der Waals surface area contributed by atoms with Gasteiger partial charge >= 0.3 is 6.03 Å². The monoisotopic (exact) mass is 388 g/mol. The number of rotatable bonds is 6. The number of ether oxygens (including phenoxy) is 3. The number of amides is 2. The number of nitrogens with one attached hydrogen (secondary N) is 1. The summed E-state index contributed by atoms with van der Waals surface area (Å²) >= 11 is 0. The van der Waals surface area contributed by atoms with Crippen molar-refractivity contribution < 1.29 is 19.0 Å². The number of hydrogen-bond donors (Lipinski definition) is 1. The third-order valence-electron chi connectivity index (χ3n) is 6.29. The zero-order valence-electron chi connectivity index (χ0n) is 17.0. The lowest BCUT2D eigenvalue weighted by Crippen LogP contribution is -2.55. The Bertz CT molecular complexity index is 700. The minimum atomic E-state index is -0.183. The molecule has 2 aliphatic carbocycles. The molecule has 28 heavy (non-hydrogen) atoms.